The van der Waals surface area contributed by atoms with Crippen molar-refractivity contribution in [2.45, 2.75) is 38.0 Å². The number of hydrogen-bond acceptors (Lipinski definition) is 4. The summed E-state index contributed by atoms with van der Waals surface area (Å²) < 4.78 is 0. The number of benzene rings is 1. The summed E-state index contributed by atoms with van der Waals surface area (Å²) in [4.78, 5) is 9.49. The number of piperazine rings is 1. The van der Waals surface area contributed by atoms with Crippen LogP contribution in [0.5, 0.6) is 0 Å². The molecule has 1 fully saturated rings. The molecule has 2 aliphatic rings. The summed E-state index contributed by atoms with van der Waals surface area (Å²) in [7, 11) is 0. The highest BCUT2D eigenvalue weighted by Crippen LogP contribution is 2.33. The highest BCUT2D eigenvalue weighted by molar-refractivity contribution is 5.32. The maximum atomic E-state index is 10.9. The van der Waals surface area contributed by atoms with Gasteiger partial charge in [-0.1, -0.05) is 30.3 Å². The average Bonchev–Trinajstić information content (AvgIpc) is 2.69. The molecule has 2 heterocycles. The fourth-order valence-electron chi connectivity index (χ4n) is 4.37. The molecule has 1 aromatic heterocycles. The van der Waals surface area contributed by atoms with Gasteiger partial charge in [0, 0.05) is 44.5 Å². The van der Waals surface area contributed by atoms with Crippen molar-refractivity contribution < 1.29 is 5.11 Å². The van der Waals surface area contributed by atoms with Crippen molar-refractivity contribution in [2.75, 3.05) is 26.2 Å². The van der Waals surface area contributed by atoms with Crippen LogP contribution >= 0.6 is 0 Å². The molecular weight excluding hydrogens is 310 g/mol. The third-order valence-corrected chi connectivity index (χ3v) is 5.93. The van der Waals surface area contributed by atoms with Gasteiger partial charge in [0.15, 0.2) is 0 Å². The first-order chi connectivity index (χ1) is 12.2. The molecule has 25 heavy (non-hydrogen) atoms. The number of aromatic nitrogens is 1. The third kappa shape index (κ3) is 3.34. The van der Waals surface area contributed by atoms with Gasteiger partial charge in [0.2, 0.25) is 0 Å². The molecule has 0 amide bonds. The van der Waals surface area contributed by atoms with Crippen molar-refractivity contribution in [3.8, 4) is 0 Å². The second kappa shape index (κ2) is 7.24. The van der Waals surface area contributed by atoms with Crippen molar-refractivity contribution in [1.82, 2.24) is 14.8 Å². The van der Waals surface area contributed by atoms with Gasteiger partial charge in [-0.3, -0.25) is 14.8 Å². The molecule has 132 valence electrons. The number of hydrogen-bond donors (Lipinski definition) is 1. The lowest BCUT2D eigenvalue weighted by Gasteiger charge is -2.44. The summed E-state index contributed by atoms with van der Waals surface area (Å²) in [5.74, 6) is 0. The van der Waals surface area contributed by atoms with E-state index in [4.69, 9.17) is 0 Å². The van der Waals surface area contributed by atoms with Crippen LogP contribution in [-0.2, 0) is 6.42 Å². The van der Waals surface area contributed by atoms with Crippen LogP contribution in [0.1, 0.15) is 42.3 Å². The monoisotopic (exact) mass is 337 g/mol. The minimum atomic E-state index is -0.357. The van der Waals surface area contributed by atoms with Crippen LogP contribution in [0.4, 0.5) is 0 Å². The fraction of sp³-hybridized carbons (Fsp3) is 0.476. The van der Waals surface area contributed by atoms with Gasteiger partial charge in [-0.25, -0.2) is 0 Å². The van der Waals surface area contributed by atoms with E-state index in [1.807, 2.05) is 18.3 Å². The molecule has 4 nitrogen and oxygen atoms in total. The van der Waals surface area contributed by atoms with E-state index >= 15 is 0 Å². The van der Waals surface area contributed by atoms with Gasteiger partial charge in [-0.2, -0.15) is 0 Å². The topological polar surface area (TPSA) is 39.6 Å². The summed E-state index contributed by atoms with van der Waals surface area (Å²) in [6.07, 6.45) is 3.64. The Morgan fingerprint density at radius 1 is 1.04 bits per heavy atom. The molecule has 3 atom stereocenters. The smallest absolute Gasteiger partial charge is 0.0947 e. The Kier molecular flexibility index (Phi) is 4.84. The minimum Gasteiger partial charge on any atom is -0.387 e. The summed E-state index contributed by atoms with van der Waals surface area (Å²) in [5.41, 5.74) is 3.58. The third-order valence-electron chi connectivity index (χ3n) is 5.93. The highest BCUT2D eigenvalue weighted by Gasteiger charge is 2.34. The standard InChI is InChI=1S/C21H27N3O/c1-16(19-8-4-5-11-22-19)23-12-14-24(15-13-23)20-10-9-17-6-2-3-7-18(17)21(20)25/h2-8,11,16,20-21,25H,9-10,12-15H2,1H3. The summed E-state index contributed by atoms with van der Waals surface area (Å²) in [5, 5.41) is 10.9. The van der Waals surface area contributed by atoms with E-state index in [1.165, 1.54) is 5.56 Å². The summed E-state index contributed by atoms with van der Waals surface area (Å²) in [6.45, 7) is 6.33. The maximum absolute atomic E-state index is 10.9. The highest BCUT2D eigenvalue weighted by atomic mass is 16.3. The first kappa shape index (κ1) is 16.7. The second-order valence-electron chi connectivity index (χ2n) is 7.25. The molecule has 1 aliphatic heterocycles. The Morgan fingerprint density at radius 2 is 1.80 bits per heavy atom. The predicted molar refractivity (Wildman–Crippen MR) is 99.3 cm³/mol. The van der Waals surface area contributed by atoms with Gasteiger partial charge in [-0.15, -0.1) is 0 Å². The molecule has 1 aromatic carbocycles. The Labute approximate surface area is 150 Å². The van der Waals surface area contributed by atoms with E-state index < -0.39 is 0 Å². The van der Waals surface area contributed by atoms with E-state index in [2.05, 4.69) is 52.0 Å². The molecule has 2 aromatic rings. The quantitative estimate of drug-likeness (QED) is 0.935. The lowest BCUT2D eigenvalue weighted by atomic mass is 9.85. The molecule has 4 rings (SSSR count). The first-order valence-corrected chi connectivity index (χ1v) is 9.39. The molecule has 0 bridgehead atoms. The number of aliphatic hydroxyl groups is 1. The van der Waals surface area contributed by atoms with Gasteiger partial charge in [0.25, 0.3) is 0 Å². The molecular formula is C21H27N3O. The van der Waals surface area contributed by atoms with Crippen LogP contribution in [0.25, 0.3) is 0 Å². The van der Waals surface area contributed by atoms with Crippen LogP contribution in [0.15, 0.2) is 48.7 Å². The van der Waals surface area contributed by atoms with Crippen LogP contribution in [-0.4, -0.2) is 52.1 Å². The molecule has 3 unspecified atom stereocenters. The number of nitrogens with zero attached hydrogens (tertiary/aromatic N) is 3. The van der Waals surface area contributed by atoms with Crippen LogP contribution in [0, 0.1) is 0 Å². The molecule has 1 saturated heterocycles. The van der Waals surface area contributed by atoms with E-state index in [-0.39, 0.29) is 12.1 Å². The Morgan fingerprint density at radius 3 is 2.56 bits per heavy atom. The maximum Gasteiger partial charge on any atom is 0.0947 e. The first-order valence-electron chi connectivity index (χ1n) is 9.39. The van der Waals surface area contributed by atoms with Gasteiger partial charge >= 0.3 is 0 Å². The van der Waals surface area contributed by atoms with Gasteiger partial charge in [0.05, 0.1) is 11.8 Å². The van der Waals surface area contributed by atoms with Crippen molar-refractivity contribution in [3.63, 3.8) is 0 Å². The normalized spacial score (nSPS) is 26.2. The molecule has 1 aliphatic carbocycles. The molecule has 1 N–H and O–H groups in total. The van der Waals surface area contributed by atoms with Crippen molar-refractivity contribution in [1.29, 1.82) is 0 Å². The largest absolute Gasteiger partial charge is 0.387 e. The van der Waals surface area contributed by atoms with E-state index in [0.717, 1.165) is 50.3 Å². The van der Waals surface area contributed by atoms with Crippen molar-refractivity contribution >= 4 is 0 Å². The fourth-order valence-corrected chi connectivity index (χ4v) is 4.37. The lowest BCUT2D eigenvalue weighted by Crippen LogP contribution is -2.53. The molecule has 0 saturated carbocycles. The van der Waals surface area contributed by atoms with E-state index in [9.17, 15) is 5.11 Å². The zero-order valence-corrected chi connectivity index (χ0v) is 14.9. The average molecular weight is 337 g/mol. The SMILES string of the molecule is CC(c1ccccn1)N1CCN(C2CCc3ccccc3C2O)CC1. The molecule has 4 heteroatoms. The van der Waals surface area contributed by atoms with Gasteiger partial charge in [-0.05, 0) is 43.0 Å². The number of aliphatic hydroxyl groups excluding tert-OH is 1. The van der Waals surface area contributed by atoms with E-state index in [0.29, 0.717) is 6.04 Å². The zero-order valence-electron chi connectivity index (χ0n) is 14.9. The zero-order chi connectivity index (χ0) is 17.2. The number of fused-ring (bicyclic) bond motifs is 1. The van der Waals surface area contributed by atoms with E-state index in [1.54, 1.807) is 0 Å². The Balaban J connectivity index is 1.39. The summed E-state index contributed by atoms with van der Waals surface area (Å²) in [6, 6.07) is 15.1. The van der Waals surface area contributed by atoms with Crippen molar-refractivity contribution in [2.24, 2.45) is 0 Å². The van der Waals surface area contributed by atoms with Gasteiger partial charge in [0.1, 0.15) is 0 Å². The number of pyridine rings is 1. The summed E-state index contributed by atoms with van der Waals surface area (Å²) >= 11 is 0. The van der Waals surface area contributed by atoms with Crippen LogP contribution < -0.4 is 0 Å². The molecule has 0 spiro atoms. The Bertz CT molecular complexity index is 697. The van der Waals surface area contributed by atoms with Crippen molar-refractivity contribution in [3.05, 3.63) is 65.5 Å². The second-order valence-corrected chi connectivity index (χ2v) is 7.25. The molecule has 0 radical (unpaired) electrons. The number of rotatable bonds is 3. The number of aryl methyl sites for hydroxylation is 1. The minimum absolute atomic E-state index is 0.252. The van der Waals surface area contributed by atoms with Crippen LogP contribution in [0.2, 0.25) is 0 Å². The van der Waals surface area contributed by atoms with Gasteiger partial charge < -0.3 is 5.11 Å². The lowest BCUT2D eigenvalue weighted by molar-refractivity contribution is 0.000806. The van der Waals surface area contributed by atoms with Crippen LogP contribution in [0.3, 0.4) is 0 Å². The predicted octanol–water partition coefficient (Wildman–Crippen LogP) is 2.81. The Hall–Kier alpha value is -1.75.